The Morgan fingerprint density at radius 3 is 2.40 bits per heavy atom. The number of aromatic nitrogens is 3. The van der Waals surface area contributed by atoms with Gasteiger partial charge in [0.25, 0.3) is 0 Å². The van der Waals surface area contributed by atoms with Crippen LogP contribution in [0.3, 0.4) is 0 Å². The number of hydrogen-bond acceptors (Lipinski definition) is 3. The molecule has 56 valence electrons. The van der Waals surface area contributed by atoms with Crippen molar-refractivity contribution in [1.29, 1.82) is 0 Å². The van der Waals surface area contributed by atoms with Crippen LogP contribution in [0, 0.1) is 6.92 Å². The molecule has 0 amide bonds. The molecule has 0 saturated carbocycles. The first kappa shape index (κ1) is 7.36. The molecule has 0 aliphatic carbocycles. The van der Waals surface area contributed by atoms with Crippen molar-refractivity contribution < 1.29 is 8.76 Å². The first-order chi connectivity index (χ1) is 4.63. The summed E-state index contributed by atoms with van der Waals surface area (Å²) in [5.74, 6) is 0.623. The highest BCUT2D eigenvalue weighted by Gasteiger charge is 2.08. The highest BCUT2D eigenvalue weighted by atomic mass is 32.2. The lowest BCUT2D eigenvalue weighted by Crippen LogP contribution is -2.00. The van der Waals surface area contributed by atoms with Crippen molar-refractivity contribution in [2.75, 3.05) is 0 Å². The summed E-state index contributed by atoms with van der Waals surface area (Å²) in [7, 11) is 1.64. The molecule has 10 heavy (non-hydrogen) atoms. The highest BCUT2D eigenvalue weighted by Crippen LogP contribution is 1.99. The molecule has 1 aromatic rings. The van der Waals surface area contributed by atoms with Gasteiger partial charge in [0.2, 0.25) is 16.2 Å². The largest absolute Gasteiger partial charge is 0.305 e. The van der Waals surface area contributed by atoms with Crippen LogP contribution in [0.2, 0.25) is 0 Å². The summed E-state index contributed by atoms with van der Waals surface area (Å²) in [5.41, 5.74) is 0. The van der Waals surface area contributed by atoms with Gasteiger partial charge in [-0.05, 0) is 6.92 Å². The Kier molecular flexibility index (Phi) is 1.82. The van der Waals surface area contributed by atoms with Gasteiger partial charge in [-0.2, -0.15) is 0 Å². The Morgan fingerprint density at radius 1 is 1.60 bits per heavy atom. The van der Waals surface area contributed by atoms with Crippen LogP contribution >= 0.6 is 0 Å². The predicted octanol–water partition coefficient (Wildman–Crippen LogP) is -0.296. The average Bonchev–Trinajstić information content (AvgIpc) is 2.14. The maximum atomic E-state index is 10.4. The number of aryl methyl sites for hydroxylation is 1. The van der Waals surface area contributed by atoms with Crippen LogP contribution in [-0.2, 0) is 18.1 Å². The van der Waals surface area contributed by atoms with E-state index in [-0.39, 0.29) is 5.16 Å². The minimum atomic E-state index is -2.03. The Hall–Kier alpha value is -0.750. The number of nitrogens with zero attached hydrogens (tertiary/aromatic N) is 3. The lowest BCUT2D eigenvalue weighted by molar-refractivity contribution is 0.546. The highest BCUT2D eigenvalue weighted by molar-refractivity contribution is 7.79. The quantitative estimate of drug-likeness (QED) is 0.574. The Labute approximate surface area is 60.4 Å². The molecule has 1 rings (SSSR count). The van der Waals surface area contributed by atoms with E-state index in [1.54, 1.807) is 14.0 Å². The van der Waals surface area contributed by atoms with Gasteiger partial charge in [-0.1, -0.05) is 0 Å². The summed E-state index contributed by atoms with van der Waals surface area (Å²) in [4.78, 5) is 0. The van der Waals surface area contributed by atoms with E-state index < -0.39 is 11.1 Å². The fraction of sp³-hybridized carbons (Fsp3) is 0.500. The molecule has 5 nitrogen and oxygen atoms in total. The molecule has 1 atom stereocenters. The molecule has 0 bridgehead atoms. The fourth-order valence-electron chi connectivity index (χ4n) is 0.540. The summed E-state index contributed by atoms with van der Waals surface area (Å²) in [6.07, 6.45) is 0. The van der Waals surface area contributed by atoms with Crippen LogP contribution in [0.15, 0.2) is 5.16 Å². The summed E-state index contributed by atoms with van der Waals surface area (Å²) >= 11 is -2.03. The maximum absolute atomic E-state index is 10.4. The van der Waals surface area contributed by atoms with Gasteiger partial charge < -0.3 is 4.57 Å². The number of hydrogen-bond donors (Lipinski definition) is 1. The van der Waals surface area contributed by atoms with E-state index in [4.69, 9.17) is 4.55 Å². The molecule has 0 fully saturated rings. The van der Waals surface area contributed by atoms with Crippen molar-refractivity contribution in [2.24, 2.45) is 7.05 Å². The van der Waals surface area contributed by atoms with Gasteiger partial charge in [0.05, 0.1) is 0 Å². The third kappa shape index (κ3) is 1.07. The lowest BCUT2D eigenvalue weighted by Gasteiger charge is -1.93. The fourth-order valence-corrected chi connectivity index (χ4v) is 1.02. The maximum Gasteiger partial charge on any atom is 0.249 e. The van der Waals surface area contributed by atoms with Gasteiger partial charge in [-0.15, -0.1) is 10.2 Å². The average molecular weight is 161 g/mol. The molecule has 0 aromatic carbocycles. The van der Waals surface area contributed by atoms with Gasteiger partial charge in [0, 0.05) is 7.05 Å². The summed E-state index contributed by atoms with van der Waals surface area (Å²) in [5, 5.41) is 7.16. The Balaban J connectivity index is 3.17. The van der Waals surface area contributed by atoms with Crippen molar-refractivity contribution >= 4 is 11.1 Å². The van der Waals surface area contributed by atoms with Crippen molar-refractivity contribution in [1.82, 2.24) is 14.8 Å². The first-order valence-electron chi connectivity index (χ1n) is 2.60. The van der Waals surface area contributed by atoms with Crippen LogP contribution in [0.4, 0.5) is 0 Å². The molecular formula is C4H7N3O2S. The normalized spacial score (nSPS) is 13.5. The van der Waals surface area contributed by atoms with E-state index in [1.165, 1.54) is 4.57 Å². The Morgan fingerprint density at radius 2 is 2.20 bits per heavy atom. The third-order valence-corrected chi connectivity index (χ3v) is 1.88. The van der Waals surface area contributed by atoms with E-state index in [9.17, 15) is 4.21 Å². The molecule has 0 saturated heterocycles. The minimum absolute atomic E-state index is 0.0810. The Bertz CT molecular complexity index is 269. The summed E-state index contributed by atoms with van der Waals surface area (Å²) < 4.78 is 20.5. The van der Waals surface area contributed by atoms with Crippen LogP contribution in [0.25, 0.3) is 0 Å². The van der Waals surface area contributed by atoms with Crippen molar-refractivity contribution in [3.8, 4) is 0 Å². The van der Waals surface area contributed by atoms with Crippen LogP contribution in [0.5, 0.6) is 0 Å². The minimum Gasteiger partial charge on any atom is -0.305 e. The van der Waals surface area contributed by atoms with E-state index in [0.29, 0.717) is 5.82 Å². The van der Waals surface area contributed by atoms with E-state index in [1.807, 2.05) is 0 Å². The second kappa shape index (κ2) is 2.47. The zero-order chi connectivity index (χ0) is 7.72. The molecule has 1 unspecified atom stereocenters. The first-order valence-corrected chi connectivity index (χ1v) is 3.70. The molecule has 1 N–H and O–H groups in total. The predicted molar refractivity (Wildman–Crippen MR) is 34.8 cm³/mol. The van der Waals surface area contributed by atoms with Crippen molar-refractivity contribution in [2.45, 2.75) is 12.1 Å². The van der Waals surface area contributed by atoms with E-state index >= 15 is 0 Å². The van der Waals surface area contributed by atoms with Gasteiger partial charge >= 0.3 is 0 Å². The molecule has 1 aromatic heterocycles. The third-order valence-electron chi connectivity index (χ3n) is 1.21. The van der Waals surface area contributed by atoms with Crippen molar-refractivity contribution in [3.63, 3.8) is 0 Å². The monoisotopic (exact) mass is 161 g/mol. The van der Waals surface area contributed by atoms with Crippen LogP contribution in [0.1, 0.15) is 5.82 Å². The smallest absolute Gasteiger partial charge is 0.249 e. The molecule has 0 aliphatic heterocycles. The summed E-state index contributed by atoms with van der Waals surface area (Å²) in [6, 6.07) is 0. The molecule has 0 radical (unpaired) electrons. The topological polar surface area (TPSA) is 68.0 Å². The van der Waals surface area contributed by atoms with Crippen molar-refractivity contribution in [3.05, 3.63) is 5.82 Å². The summed E-state index contributed by atoms with van der Waals surface area (Å²) in [6.45, 7) is 1.71. The van der Waals surface area contributed by atoms with Crippen LogP contribution < -0.4 is 0 Å². The van der Waals surface area contributed by atoms with Crippen LogP contribution in [-0.4, -0.2) is 23.5 Å². The van der Waals surface area contributed by atoms with E-state index in [0.717, 1.165) is 0 Å². The zero-order valence-corrected chi connectivity index (χ0v) is 6.42. The zero-order valence-electron chi connectivity index (χ0n) is 5.61. The molecule has 0 aliphatic rings. The second-order valence-electron chi connectivity index (χ2n) is 1.84. The molecule has 1 heterocycles. The molecule has 0 spiro atoms. The SMILES string of the molecule is Cc1nnc(S(=O)O)n1C. The molecule has 6 heteroatoms. The van der Waals surface area contributed by atoms with Gasteiger partial charge in [-0.25, -0.2) is 4.21 Å². The van der Waals surface area contributed by atoms with E-state index in [2.05, 4.69) is 10.2 Å². The molecular weight excluding hydrogens is 154 g/mol. The number of rotatable bonds is 1. The van der Waals surface area contributed by atoms with Gasteiger partial charge in [0.15, 0.2) is 0 Å². The van der Waals surface area contributed by atoms with Gasteiger partial charge in [0.1, 0.15) is 5.82 Å². The lowest BCUT2D eigenvalue weighted by atomic mass is 10.7. The second-order valence-corrected chi connectivity index (χ2v) is 2.70. The standard InChI is InChI=1S/C4H7N3O2S/c1-3-5-6-4(7(3)2)10(8)9/h1-2H3,(H,8,9). The van der Waals surface area contributed by atoms with Gasteiger partial charge in [-0.3, -0.25) is 4.55 Å².